The molecule has 242 valence electrons. The summed E-state index contributed by atoms with van der Waals surface area (Å²) >= 11 is 0. The van der Waals surface area contributed by atoms with Gasteiger partial charge >= 0.3 is 15.6 Å². The lowest BCUT2D eigenvalue weighted by Crippen LogP contribution is -2.36. The van der Waals surface area contributed by atoms with E-state index < -0.39 is 83.5 Å². The maximum absolute atomic E-state index is 13.2. The van der Waals surface area contributed by atoms with Crippen LogP contribution >= 0.6 is 15.6 Å². The summed E-state index contributed by atoms with van der Waals surface area (Å²) in [5.74, 6) is -0.241. The Morgan fingerprint density at radius 1 is 0.889 bits per heavy atom. The van der Waals surface area contributed by atoms with Crippen LogP contribution in [0.15, 0.2) is 35.6 Å². The quantitative estimate of drug-likeness (QED) is 0.124. The third kappa shape index (κ3) is 5.35. The van der Waals surface area contributed by atoms with Crippen LogP contribution in [0.3, 0.4) is 0 Å². The molecular weight excluding hydrogens is 646 g/mol. The summed E-state index contributed by atoms with van der Waals surface area (Å²) < 4.78 is 61.4. The van der Waals surface area contributed by atoms with Crippen LogP contribution in [0.25, 0.3) is 22.2 Å². The predicted molar refractivity (Wildman–Crippen MR) is 148 cm³/mol. The number of aromatic nitrogens is 6. The molecule has 4 aromatic rings. The smallest absolute Gasteiger partial charge is 0.397 e. The molecule has 7 rings (SSSR count). The molecule has 0 saturated carbocycles. The Bertz CT molecular complexity index is 1930. The number of nitrogen functional groups attached to an aromatic ring is 2. The zero-order chi connectivity index (χ0) is 31.8. The number of anilines is 2. The molecule has 0 amide bonds. The second-order valence-corrected chi connectivity index (χ2v) is 13.2. The van der Waals surface area contributed by atoms with Crippen LogP contribution in [0.2, 0.25) is 0 Å². The molecule has 0 aromatic carbocycles. The van der Waals surface area contributed by atoms with Crippen molar-refractivity contribution in [2.45, 2.75) is 49.1 Å². The molecule has 3 saturated heterocycles. The van der Waals surface area contributed by atoms with Crippen molar-refractivity contribution in [3.63, 3.8) is 0 Å². The van der Waals surface area contributed by atoms with Crippen molar-refractivity contribution in [2.24, 2.45) is 0 Å². The van der Waals surface area contributed by atoms with Crippen molar-refractivity contribution < 1.29 is 56.7 Å². The van der Waals surface area contributed by atoms with E-state index in [0.717, 1.165) is 0 Å². The fourth-order valence-electron chi connectivity index (χ4n) is 5.52. The fourth-order valence-corrected chi connectivity index (χ4v) is 7.41. The molecule has 3 fully saturated rings. The van der Waals surface area contributed by atoms with Gasteiger partial charge in [0, 0.05) is 12.4 Å². The summed E-state index contributed by atoms with van der Waals surface area (Å²) in [6, 6.07) is 2.88. The molecule has 0 aliphatic carbocycles. The lowest BCUT2D eigenvalue weighted by atomic mass is 10.1. The van der Waals surface area contributed by atoms with E-state index in [1.54, 1.807) is 0 Å². The predicted octanol–water partition coefficient (Wildman–Crippen LogP) is -1.13. The highest BCUT2D eigenvalue weighted by Gasteiger charge is 2.53. The Morgan fingerprint density at radius 3 is 2.33 bits per heavy atom. The molecule has 3 aliphatic rings. The largest absolute Gasteiger partial charge is 0.472 e. The number of aromatic amines is 1. The fraction of sp³-hybridized carbons (Fsp3) is 0.455. The number of aliphatic hydroxyl groups excluding tert-OH is 2. The van der Waals surface area contributed by atoms with Gasteiger partial charge in [-0.05, 0) is 12.1 Å². The number of nitrogens with two attached hydrogens (primary N) is 2. The third-order valence-electron chi connectivity index (χ3n) is 7.58. The molecule has 4 aromatic heterocycles. The Balaban J connectivity index is 1.21. The van der Waals surface area contributed by atoms with Gasteiger partial charge in [-0.1, -0.05) is 0 Å². The van der Waals surface area contributed by atoms with Crippen LogP contribution < -0.4 is 17.0 Å². The zero-order valence-electron chi connectivity index (χ0n) is 22.7. The highest BCUT2D eigenvalue weighted by atomic mass is 31.2. The molecule has 23 heteroatoms. The van der Waals surface area contributed by atoms with E-state index in [9.17, 15) is 33.9 Å². The summed E-state index contributed by atoms with van der Waals surface area (Å²) in [5, 5.41) is 22.2. The number of rotatable bonds is 2. The highest BCUT2D eigenvalue weighted by Crippen LogP contribution is 2.53. The monoisotopic (exact) mass is 672 g/mol. The van der Waals surface area contributed by atoms with E-state index >= 15 is 0 Å². The molecular formula is C22H26N8O13P2. The minimum atomic E-state index is -5.09. The first kappa shape index (κ1) is 30.4. The number of ether oxygens (including phenoxy) is 2. The number of phosphoric acid groups is 2. The van der Waals surface area contributed by atoms with Gasteiger partial charge in [0.2, 0.25) is 5.95 Å². The van der Waals surface area contributed by atoms with Gasteiger partial charge in [0.15, 0.2) is 23.8 Å². The van der Waals surface area contributed by atoms with E-state index in [1.807, 2.05) is 0 Å². The average Bonchev–Trinajstić information content (AvgIpc) is 3.72. The molecule has 45 heavy (non-hydrogen) atoms. The summed E-state index contributed by atoms with van der Waals surface area (Å²) in [4.78, 5) is 48.4. The van der Waals surface area contributed by atoms with Gasteiger partial charge < -0.3 is 45.5 Å². The summed E-state index contributed by atoms with van der Waals surface area (Å²) in [5.41, 5.74) is 11.8. The average molecular weight is 672 g/mol. The van der Waals surface area contributed by atoms with Gasteiger partial charge in [0.05, 0.1) is 30.6 Å². The van der Waals surface area contributed by atoms with E-state index in [-0.39, 0.29) is 28.3 Å². The van der Waals surface area contributed by atoms with Crippen LogP contribution in [0.5, 0.6) is 0 Å². The zero-order valence-corrected chi connectivity index (χ0v) is 24.5. The van der Waals surface area contributed by atoms with Crippen molar-refractivity contribution in [1.82, 2.24) is 29.1 Å². The summed E-state index contributed by atoms with van der Waals surface area (Å²) in [7, 11) is -10.1. The number of hydrogen-bond donors (Lipinski definition) is 7. The van der Waals surface area contributed by atoms with E-state index in [4.69, 9.17) is 39.0 Å². The van der Waals surface area contributed by atoms with Crippen molar-refractivity contribution in [3.05, 3.63) is 41.2 Å². The molecule has 21 nitrogen and oxygen atoms in total. The normalized spacial score (nSPS) is 37.7. The number of nitrogens with zero attached hydrogens (tertiary/aromatic N) is 5. The lowest BCUT2D eigenvalue weighted by Gasteiger charge is -2.26. The molecule has 0 spiro atoms. The SMILES string of the molecule is Nc1nc2c(ccn2[C@@H]2OC3COP(=O)(O)O[C@H]4[C@@H](O)[C@H](n5cnc6c(N)ccnc65)O[C@@H]4COP(=O)(O)O[C@@H]2[C@@H]3O)c(=O)[nH]1. The maximum atomic E-state index is 13.2. The van der Waals surface area contributed by atoms with Gasteiger partial charge in [0.25, 0.3) is 5.56 Å². The number of fused-ring (bicyclic) bond motifs is 5. The van der Waals surface area contributed by atoms with Crippen molar-refractivity contribution in [3.8, 4) is 0 Å². The Hall–Kier alpha value is -3.30. The first-order valence-electron chi connectivity index (χ1n) is 13.2. The molecule has 7 heterocycles. The molecule has 9 N–H and O–H groups in total. The molecule has 3 aliphatic heterocycles. The first-order chi connectivity index (χ1) is 21.3. The number of hydrogen-bond acceptors (Lipinski definition) is 16. The van der Waals surface area contributed by atoms with Crippen molar-refractivity contribution in [1.29, 1.82) is 0 Å². The van der Waals surface area contributed by atoms with Crippen molar-refractivity contribution in [2.75, 3.05) is 24.7 Å². The second-order valence-electron chi connectivity index (χ2n) is 10.4. The van der Waals surface area contributed by atoms with E-state index in [1.165, 1.54) is 40.0 Å². The lowest BCUT2D eigenvalue weighted by molar-refractivity contribution is -0.0670. The van der Waals surface area contributed by atoms with Gasteiger partial charge in [0.1, 0.15) is 42.1 Å². The number of pyridine rings is 1. The topological polar surface area (TPSA) is 304 Å². The van der Waals surface area contributed by atoms with Crippen LogP contribution in [0, 0.1) is 0 Å². The Morgan fingerprint density at radius 2 is 1.58 bits per heavy atom. The van der Waals surface area contributed by atoms with Crippen molar-refractivity contribution >= 4 is 49.5 Å². The van der Waals surface area contributed by atoms with Crippen LogP contribution in [-0.4, -0.2) is 98.9 Å². The standard InChI is InChI=1S/C22H26N8O13P2/c23-9-1-3-25-18-12(9)26-7-30(18)20-14(32)15-11(41-20)6-39-45(36,37)43-16-13(31)10(5-38-44(34,35)42-15)40-21(16)29-4-2-8-17(29)27-22(24)28-19(8)33/h1-4,7,10-11,13-16,20-21,31-32H,5-6H2,(H2,23,25)(H,34,35)(H,36,37)(H3,24,27,28,33)/t10?,11-,13-,14-,15-,16-,20-,21-/m1/s1. The Kier molecular flexibility index (Phi) is 7.36. The second kappa shape index (κ2) is 10.9. The van der Waals surface area contributed by atoms with Crippen LogP contribution in [0.4, 0.5) is 11.6 Å². The number of aliphatic hydroxyl groups is 2. The number of H-pyrrole nitrogens is 1. The molecule has 0 radical (unpaired) electrons. The third-order valence-corrected chi connectivity index (χ3v) is 9.55. The first-order valence-corrected chi connectivity index (χ1v) is 16.2. The van der Waals surface area contributed by atoms with Crippen LogP contribution in [-0.2, 0) is 36.7 Å². The summed E-state index contributed by atoms with van der Waals surface area (Å²) in [6.45, 7) is -1.60. The highest BCUT2D eigenvalue weighted by molar-refractivity contribution is 7.47. The minimum absolute atomic E-state index is 0.0138. The van der Waals surface area contributed by atoms with E-state index in [2.05, 4.69) is 19.9 Å². The van der Waals surface area contributed by atoms with Gasteiger partial charge in [-0.2, -0.15) is 4.98 Å². The van der Waals surface area contributed by atoms with Gasteiger partial charge in [-0.15, -0.1) is 0 Å². The maximum Gasteiger partial charge on any atom is 0.472 e. The van der Waals surface area contributed by atoms with Crippen LogP contribution in [0.1, 0.15) is 12.5 Å². The summed E-state index contributed by atoms with van der Waals surface area (Å²) in [6.07, 6.45) is -8.37. The number of nitrogens with one attached hydrogen (secondary N) is 1. The van der Waals surface area contributed by atoms with Gasteiger partial charge in [-0.25, -0.2) is 19.1 Å². The number of phosphoric ester groups is 2. The molecule has 10 atom stereocenters. The Labute approximate surface area is 250 Å². The molecule has 2 bridgehead atoms. The minimum Gasteiger partial charge on any atom is -0.397 e. The van der Waals surface area contributed by atoms with Gasteiger partial charge in [-0.3, -0.25) is 32.4 Å². The number of imidazole rings is 1. The van der Waals surface area contributed by atoms with E-state index in [0.29, 0.717) is 5.52 Å². The molecule has 3 unspecified atom stereocenters.